The van der Waals surface area contributed by atoms with Crippen LogP contribution in [-0.2, 0) is 0 Å². The SMILES string of the molecule is C=C/C=C\C(=C)NCC/C=C\N1CN=C(C(F)F)C=C1C(F)F. The third kappa shape index (κ3) is 6.54. The van der Waals surface area contributed by atoms with Crippen LogP contribution in [0, 0.1) is 0 Å². The van der Waals surface area contributed by atoms with Crippen molar-refractivity contribution in [2.24, 2.45) is 4.99 Å². The smallest absolute Gasteiger partial charge is 0.280 e. The first-order chi connectivity index (χ1) is 11.0. The van der Waals surface area contributed by atoms with E-state index in [2.05, 4.69) is 23.5 Å². The van der Waals surface area contributed by atoms with Gasteiger partial charge in [0.1, 0.15) is 12.4 Å². The number of nitrogens with one attached hydrogen (secondary N) is 1. The first-order valence-electron chi connectivity index (χ1n) is 6.93. The summed E-state index contributed by atoms with van der Waals surface area (Å²) in [5, 5.41) is 3.02. The van der Waals surface area contributed by atoms with Gasteiger partial charge in [-0.3, -0.25) is 4.99 Å². The van der Waals surface area contributed by atoms with Gasteiger partial charge in [0.05, 0.1) is 5.70 Å². The summed E-state index contributed by atoms with van der Waals surface area (Å²) in [6.07, 6.45) is 3.79. The van der Waals surface area contributed by atoms with Crippen LogP contribution in [0.2, 0.25) is 0 Å². The van der Waals surface area contributed by atoms with Gasteiger partial charge in [-0.2, -0.15) is 0 Å². The molecule has 0 radical (unpaired) electrons. The molecule has 0 spiro atoms. The van der Waals surface area contributed by atoms with Crippen molar-refractivity contribution in [3.63, 3.8) is 0 Å². The van der Waals surface area contributed by atoms with Crippen LogP contribution < -0.4 is 5.32 Å². The molecule has 0 aromatic carbocycles. The second-order valence-corrected chi connectivity index (χ2v) is 4.59. The molecular weight excluding hydrogens is 310 g/mol. The van der Waals surface area contributed by atoms with Crippen LogP contribution in [0.5, 0.6) is 0 Å². The summed E-state index contributed by atoms with van der Waals surface area (Å²) in [6, 6.07) is 0. The first kappa shape index (κ1) is 18.7. The molecule has 0 aliphatic carbocycles. The Labute approximate surface area is 133 Å². The van der Waals surface area contributed by atoms with Gasteiger partial charge in [0.25, 0.3) is 12.9 Å². The normalized spacial score (nSPS) is 15.5. The highest BCUT2D eigenvalue weighted by molar-refractivity contribution is 5.98. The van der Waals surface area contributed by atoms with E-state index in [1.807, 2.05) is 0 Å². The van der Waals surface area contributed by atoms with E-state index in [0.29, 0.717) is 18.7 Å². The molecule has 0 aromatic heterocycles. The molecule has 0 amide bonds. The Morgan fingerprint density at radius 1 is 1.35 bits per heavy atom. The Balaban J connectivity index is 2.50. The summed E-state index contributed by atoms with van der Waals surface area (Å²) in [5.41, 5.74) is -0.384. The summed E-state index contributed by atoms with van der Waals surface area (Å²) in [6.45, 7) is 7.62. The maximum Gasteiger partial charge on any atom is 0.280 e. The van der Waals surface area contributed by atoms with Gasteiger partial charge in [-0.1, -0.05) is 31.4 Å². The molecule has 1 aliphatic heterocycles. The largest absolute Gasteiger partial charge is 0.385 e. The van der Waals surface area contributed by atoms with Crippen molar-refractivity contribution in [3.8, 4) is 0 Å². The standard InChI is InChI=1S/C16H19F4N3/c1-3-4-7-12(2)21-8-5-6-9-23-11-22-13(15(17)18)10-14(23)16(19)20/h3-4,6-7,9-10,15-16,21H,1-2,5,8,11H2/b7-4-,9-6-. The predicted molar refractivity (Wildman–Crippen MR) is 84.5 cm³/mol. The number of alkyl halides is 4. The molecule has 0 fully saturated rings. The van der Waals surface area contributed by atoms with Crippen LogP contribution in [0.3, 0.4) is 0 Å². The van der Waals surface area contributed by atoms with E-state index in [1.165, 1.54) is 6.20 Å². The fraction of sp³-hybridized carbons (Fsp3) is 0.312. The molecule has 1 N–H and O–H groups in total. The number of allylic oxidation sites excluding steroid dienone is 5. The van der Waals surface area contributed by atoms with Gasteiger partial charge >= 0.3 is 0 Å². The average Bonchev–Trinajstić information content (AvgIpc) is 2.52. The van der Waals surface area contributed by atoms with Crippen LogP contribution >= 0.6 is 0 Å². The van der Waals surface area contributed by atoms with Gasteiger partial charge in [-0.25, -0.2) is 17.6 Å². The van der Waals surface area contributed by atoms with Crippen LogP contribution in [0.4, 0.5) is 17.6 Å². The second kappa shape index (κ2) is 9.66. The van der Waals surface area contributed by atoms with Crippen molar-refractivity contribution in [2.45, 2.75) is 19.3 Å². The number of halogens is 4. The summed E-state index contributed by atoms with van der Waals surface area (Å²) < 4.78 is 50.9. The van der Waals surface area contributed by atoms with Gasteiger partial charge in [0.2, 0.25) is 0 Å². The van der Waals surface area contributed by atoms with Crippen molar-refractivity contribution in [3.05, 3.63) is 61.1 Å². The first-order valence-corrected chi connectivity index (χ1v) is 6.93. The Morgan fingerprint density at radius 3 is 2.70 bits per heavy atom. The fourth-order valence-corrected chi connectivity index (χ4v) is 1.73. The molecule has 1 heterocycles. The summed E-state index contributed by atoms with van der Waals surface area (Å²) in [4.78, 5) is 4.74. The van der Waals surface area contributed by atoms with E-state index in [4.69, 9.17) is 0 Å². The molecule has 126 valence electrons. The quantitative estimate of drug-likeness (QED) is 0.395. The van der Waals surface area contributed by atoms with Gasteiger partial charge in [-0.05, 0) is 18.6 Å². The number of aliphatic imine (C=N–C) groups is 1. The van der Waals surface area contributed by atoms with E-state index in [-0.39, 0.29) is 6.67 Å². The van der Waals surface area contributed by atoms with E-state index in [0.717, 1.165) is 11.0 Å². The summed E-state index contributed by atoms with van der Waals surface area (Å²) in [5.74, 6) is 0. The lowest BCUT2D eigenvalue weighted by Gasteiger charge is -2.25. The maximum absolute atomic E-state index is 12.9. The lowest BCUT2D eigenvalue weighted by atomic mass is 10.2. The van der Waals surface area contributed by atoms with Crippen molar-refractivity contribution in [1.29, 1.82) is 0 Å². The molecular formula is C16H19F4N3. The molecule has 0 saturated carbocycles. The highest BCUT2D eigenvalue weighted by atomic mass is 19.3. The monoisotopic (exact) mass is 329 g/mol. The van der Waals surface area contributed by atoms with Gasteiger partial charge in [0.15, 0.2) is 0 Å². The van der Waals surface area contributed by atoms with Crippen LogP contribution in [0.25, 0.3) is 0 Å². The van der Waals surface area contributed by atoms with Crippen LogP contribution in [-0.4, -0.2) is 36.7 Å². The van der Waals surface area contributed by atoms with Gasteiger partial charge < -0.3 is 10.2 Å². The Morgan fingerprint density at radius 2 is 2.09 bits per heavy atom. The van der Waals surface area contributed by atoms with Gasteiger partial charge in [-0.15, -0.1) is 0 Å². The average molecular weight is 329 g/mol. The molecule has 0 bridgehead atoms. The van der Waals surface area contributed by atoms with E-state index in [9.17, 15) is 17.6 Å². The molecule has 23 heavy (non-hydrogen) atoms. The predicted octanol–water partition coefficient (Wildman–Crippen LogP) is 3.86. The number of hydrogen-bond acceptors (Lipinski definition) is 3. The number of rotatable bonds is 9. The van der Waals surface area contributed by atoms with Crippen molar-refractivity contribution >= 4 is 5.71 Å². The zero-order valence-corrected chi connectivity index (χ0v) is 12.6. The Hall–Kier alpha value is -2.31. The highest BCUT2D eigenvalue weighted by Crippen LogP contribution is 2.20. The minimum atomic E-state index is -2.85. The van der Waals surface area contributed by atoms with Crippen LogP contribution in [0.1, 0.15) is 6.42 Å². The number of hydrogen-bond donors (Lipinski definition) is 1. The molecule has 0 atom stereocenters. The van der Waals surface area contributed by atoms with Crippen LogP contribution in [0.15, 0.2) is 66.1 Å². The third-order valence-electron chi connectivity index (χ3n) is 2.86. The topological polar surface area (TPSA) is 27.6 Å². The zero-order chi connectivity index (χ0) is 17.2. The van der Waals surface area contributed by atoms with E-state index < -0.39 is 24.3 Å². The Kier molecular flexibility index (Phi) is 7.87. The molecule has 0 aromatic rings. The number of nitrogens with zero attached hydrogens (tertiary/aromatic N) is 2. The molecule has 7 heteroatoms. The lowest BCUT2D eigenvalue weighted by Crippen LogP contribution is -2.29. The highest BCUT2D eigenvalue weighted by Gasteiger charge is 2.24. The minimum Gasteiger partial charge on any atom is -0.385 e. The van der Waals surface area contributed by atoms with Gasteiger partial charge in [0, 0.05) is 18.4 Å². The second-order valence-electron chi connectivity index (χ2n) is 4.59. The molecule has 1 rings (SSSR count). The zero-order valence-electron chi connectivity index (χ0n) is 12.6. The molecule has 3 nitrogen and oxygen atoms in total. The maximum atomic E-state index is 12.9. The lowest BCUT2D eigenvalue weighted by molar-refractivity contribution is 0.153. The van der Waals surface area contributed by atoms with E-state index in [1.54, 1.807) is 24.3 Å². The summed E-state index contributed by atoms with van der Waals surface area (Å²) >= 11 is 0. The van der Waals surface area contributed by atoms with Crippen molar-refractivity contribution in [2.75, 3.05) is 13.2 Å². The molecule has 0 unspecified atom stereocenters. The van der Waals surface area contributed by atoms with Crippen molar-refractivity contribution < 1.29 is 17.6 Å². The summed E-state index contributed by atoms with van der Waals surface area (Å²) in [7, 11) is 0. The molecule has 0 saturated heterocycles. The van der Waals surface area contributed by atoms with Crippen molar-refractivity contribution in [1.82, 2.24) is 10.2 Å². The molecule has 1 aliphatic rings. The third-order valence-corrected chi connectivity index (χ3v) is 2.86. The fourth-order valence-electron chi connectivity index (χ4n) is 1.73. The van der Waals surface area contributed by atoms with E-state index >= 15 is 0 Å². The Bertz CT molecular complexity index is 533. The minimum absolute atomic E-state index is 0.242.